The Kier molecular flexibility index (Phi) is 13.1. The van der Waals surface area contributed by atoms with Crippen LogP contribution in [0.25, 0.3) is 0 Å². The number of allylic oxidation sites excluding steroid dienone is 2. The Morgan fingerprint density at radius 1 is 1.05 bits per heavy atom. The summed E-state index contributed by atoms with van der Waals surface area (Å²) >= 11 is 10.3. The summed E-state index contributed by atoms with van der Waals surface area (Å²) in [4.78, 5) is 32.7. The highest BCUT2D eigenvalue weighted by molar-refractivity contribution is 6.55. The number of rotatable bonds is 5. The first-order valence-corrected chi connectivity index (χ1v) is 12.7. The first-order chi connectivity index (χ1) is 17.2. The number of aromatic hydroxyl groups is 1. The molecule has 1 saturated carbocycles. The molecule has 0 spiro atoms. The highest BCUT2D eigenvalue weighted by Gasteiger charge is 2.40. The number of benzene rings is 1. The Labute approximate surface area is 226 Å². The standard InChI is InChI=1S/C16H25NO2.C6H2Cl2O4.C4H8O2/c1-17(2)12-15(13-6-8-14(18)9-7-13)16(19)10-4-3-5-11-16;7-1-3(9)5(11)2(8)6(12)4(1)10;1-3-6-4(2)5/h6-9,15,18-19H,3-5,10-12H2,1-2H3;9,12H;3H2,1-2H3/t15-;;/m1../s1. The molecule has 0 saturated heterocycles. The molecule has 0 bridgehead atoms. The summed E-state index contributed by atoms with van der Waals surface area (Å²) < 4.78 is 4.40. The molecule has 0 heterocycles. The van der Waals surface area contributed by atoms with Gasteiger partial charge in [0.1, 0.15) is 10.8 Å². The summed E-state index contributed by atoms with van der Waals surface area (Å²) in [6, 6.07) is 7.35. The average molecular weight is 560 g/mol. The minimum atomic E-state index is -1.19. The number of nitrogens with one attached hydrogen (secondary N) is 1. The average Bonchev–Trinajstić information content (AvgIpc) is 2.85. The number of hydrogen-bond donors (Lipinski definition) is 4. The number of quaternary nitrogens is 1. The van der Waals surface area contributed by atoms with Crippen molar-refractivity contribution in [1.29, 1.82) is 0 Å². The van der Waals surface area contributed by atoms with E-state index in [9.17, 15) is 29.7 Å². The van der Waals surface area contributed by atoms with E-state index in [1.807, 2.05) is 12.1 Å². The van der Waals surface area contributed by atoms with Crippen molar-refractivity contribution in [3.8, 4) is 5.75 Å². The number of aliphatic hydroxyl groups excluding tert-OH is 1. The lowest BCUT2D eigenvalue weighted by Crippen LogP contribution is -3.06. The smallest absolute Gasteiger partial charge is 0.302 e. The van der Waals surface area contributed by atoms with Gasteiger partial charge in [0.25, 0.3) is 0 Å². The van der Waals surface area contributed by atoms with Crippen LogP contribution in [0.1, 0.15) is 57.4 Å². The molecule has 1 aromatic rings. The van der Waals surface area contributed by atoms with Crippen LogP contribution in [0, 0.1) is 0 Å². The lowest BCUT2D eigenvalue weighted by atomic mass is 9.72. The Balaban J connectivity index is 0.000000324. The zero-order chi connectivity index (χ0) is 28.3. The van der Waals surface area contributed by atoms with Gasteiger partial charge in [0.05, 0.1) is 43.8 Å². The molecule has 0 radical (unpaired) electrons. The first kappa shape index (κ1) is 32.4. The van der Waals surface area contributed by atoms with Crippen LogP contribution < -0.4 is 10.0 Å². The topological polar surface area (TPSA) is 149 Å². The van der Waals surface area contributed by atoms with Gasteiger partial charge < -0.3 is 30.1 Å². The van der Waals surface area contributed by atoms with Crippen molar-refractivity contribution in [2.75, 3.05) is 27.2 Å². The number of ketones is 2. The fourth-order valence-corrected chi connectivity index (χ4v) is 4.41. The van der Waals surface area contributed by atoms with Crippen LogP contribution >= 0.6 is 23.2 Å². The maximum Gasteiger partial charge on any atom is 0.302 e. The van der Waals surface area contributed by atoms with Crippen molar-refractivity contribution < 1.29 is 44.4 Å². The highest BCUT2D eigenvalue weighted by atomic mass is 35.5. The third kappa shape index (κ3) is 9.66. The van der Waals surface area contributed by atoms with Crippen molar-refractivity contribution >= 4 is 40.7 Å². The van der Waals surface area contributed by atoms with E-state index in [4.69, 9.17) is 28.3 Å². The van der Waals surface area contributed by atoms with Crippen molar-refractivity contribution in [2.24, 2.45) is 0 Å². The highest BCUT2D eigenvalue weighted by Crippen LogP contribution is 2.39. The third-order valence-corrected chi connectivity index (χ3v) is 6.54. The van der Waals surface area contributed by atoms with Gasteiger partial charge in [0, 0.05) is 6.92 Å². The normalized spacial score (nSPS) is 17.9. The molecule has 206 valence electrons. The summed E-state index contributed by atoms with van der Waals surface area (Å²) in [6.45, 7) is 4.57. The van der Waals surface area contributed by atoms with Crippen LogP contribution in [-0.4, -0.2) is 65.7 Å². The van der Waals surface area contributed by atoms with Crippen molar-refractivity contribution in [3.63, 3.8) is 0 Å². The molecule has 9 nitrogen and oxygen atoms in total. The molecule has 37 heavy (non-hydrogen) atoms. The number of carbonyl (C=O) groups excluding carboxylic acids is 3. The van der Waals surface area contributed by atoms with Crippen LogP contribution in [0.4, 0.5) is 0 Å². The van der Waals surface area contributed by atoms with Crippen LogP contribution in [0.3, 0.4) is 0 Å². The number of halogens is 2. The van der Waals surface area contributed by atoms with Crippen LogP contribution in [-0.2, 0) is 19.1 Å². The number of hydrogen-bond acceptors (Lipinski definition) is 8. The van der Waals surface area contributed by atoms with Gasteiger partial charge in [-0.3, -0.25) is 14.4 Å². The lowest BCUT2D eigenvalue weighted by molar-refractivity contribution is -0.860. The molecular formula is C26H35Cl2NO8. The fourth-order valence-electron chi connectivity index (χ4n) is 4.06. The Morgan fingerprint density at radius 3 is 2.03 bits per heavy atom. The SMILES string of the molecule is CCOC(C)=O.C[NH+](C)C[C@H](c1ccc(O)cc1)C1(O)CCCCC1.O=C1C(O)=C(Cl)C(=O)C([O-])=C1Cl. The Bertz CT molecular complexity index is 950. The number of esters is 1. The largest absolute Gasteiger partial charge is 0.869 e. The van der Waals surface area contributed by atoms with Crippen molar-refractivity contribution in [1.82, 2.24) is 0 Å². The maximum atomic E-state index is 11.0. The van der Waals surface area contributed by atoms with E-state index in [1.54, 1.807) is 19.1 Å². The van der Waals surface area contributed by atoms with Gasteiger partial charge in [0.2, 0.25) is 5.78 Å². The summed E-state index contributed by atoms with van der Waals surface area (Å²) in [6.07, 6.45) is 5.26. The predicted molar refractivity (Wildman–Crippen MR) is 137 cm³/mol. The van der Waals surface area contributed by atoms with Gasteiger partial charge in [-0.05, 0) is 43.2 Å². The molecule has 1 fully saturated rings. The second-order valence-electron chi connectivity index (χ2n) is 9.11. The summed E-state index contributed by atoms with van der Waals surface area (Å²) in [5.41, 5.74) is 0.565. The van der Waals surface area contributed by atoms with E-state index < -0.39 is 38.8 Å². The third-order valence-electron chi connectivity index (χ3n) is 5.85. The molecule has 0 aromatic heterocycles. The predicted octanol–water partition coefficient (Wildman–Crippen LogP) is 1.84. The van der Waals surface area contributed by atoms with Gasteiger partial charge in [-0.1, -0.05) is 54.6 Å². The van der Waals surface area contributed by atoms with Gasteiger partial charge >= 0.3 is 5.97 Å². The summed E-state index contributed by atoms with van der Waals surface area (Å²) in [5, 5.41) is 38.4. The van der Waals surface area contributed by atoms with E-state index in [0.29, 0.717) is 6.61 Å². The van der Waals surface area contributed by atoms with Crippen LogP contribution in [0.15, 0.2) is 45.8 Å². The van der Waals surface area contributed by atoms with E-state index in [0.717, 1.165) is 37.8 Å². The van der Waals surface area contributed by atoms with E-state index in [1.165, 1.54) is 18.2 Å². The molecule has 1 aromatic carbocycles. The number of phenols is 1. The van der Waals surface area contributed by atoms with Gasteiger partial charge in [-0.2, -0.15) is 0 Å². The number of carbonyl (C=O) groups is 3. The molecule has 4 N–H and O–H groups in total. The fraction of sp³-hybridized carbons (Fsp3) is 0.500. The van der Waals surface area contributed by atoms with E-state index in [-0.39, 0.29) is 17.6 Å². The van der Waals surface area contributed by atoms with Crippen LogP contribution in [0.2, 0.25) is 0 Å². The second-order valence-corrected chi connectivity index (χ2v) is 9.86. The lowest BCUT2D eigenvalue weighted by Gasteiger charge is -2.39. The first-order valence-electron chi connectivity index (χ1n) is 11.9. The minimum absolute atomic E-state index is 0.151. The molecule has 11 heteroatoms. The zero-order valence-corrected chi connectivity index (χ0v) is 23.0. The Hall–Kier alpha value is -2.59. The molecule has 2 aliphatic carbocycles. The molecule has 0 aliphatic heterocycles. The van der Waals surface area contributed by atoms with Gasteiger partial charge in [-0.25, -0.2) is 0 Å². The summed E-state index contributed by atoms with van der Waals surface area (Å²) in [5.74, 6) is -4.23. The quantitative estimate of drug-likeness (QED) is 0.315. The van der Waals surface area contributed by atoms with E-state index >= 15 is 0 Å². The molecule has 2 aliphatic rings. The number of aliphatic hydroxyl groups is 2. The minimum Gasteiger partial charge on any atom is -0.869 e. The molecule has 0 amide bonds. The maximum absolute atomic E-state index is 11.0. The van der Waals surface area contributed by atoms with Gasteiger partial charge in [0.15, 0.2) is 11.5 Å². The number of Topliss-reactive ketones (excluding diaryl/α,β-unsaturated/α-hetero) is 2. The molecular weight excluding hydrogens is 525 g/mol. The monoisotopic (exact) mass is 559 g/mol. The molecule has 0 unspecified atom stereocenters. The number of ether oxygens (including phenoxy) is 1. The van der Waals surface area contributed by atoms with Gasteiger partial charge in [-0.15, -0.1) is 0 Å². The Morgan fingerprint density at radius 2 is 1.59 bits per heavy atom. The number of likely N-dealkylation sites (N-methyl/N-ethyl adjacent to an activating group) is 1. The molecule has 1 atom stereocenters. The zero-order valence-electron chi connectivity index (χ0n) is 21.5. The van der Waals surface area contributed by atoms with E-state index in [2.05, 4.69) is 18.8 Å². The van der Waals surface area contributed by atoms with Crippen molar-refractivity contribution in [2.45, 2.75) is 57.5 Å². The molecule has 3 rings (SSSR count). The number of phenolic OH excluding ortho intramolecular Hbond substituents is 1. The second kappa shape index (κ2) is 15.0. The van der Waals surface area contributed by atoms with Crippen LogP contribution in [0.5, 0.6) is 5.75 Å². The van der Waals surface area contributed by atoms with Crippen molar-refractivity contribution in [3.05, 3.63) is 51.4 Å². The summed E-state index contributed by atoms with van der Waals surface area (Å²) in [7, 11) is 4.25.